The molecule has 0 bridgehead atoms. The second kappa shape index (κ2) is 7.38. The molecule has 17 heavy (non-hydrogen) atoms. The average Bonchev–Trinajstić information content (AvgIpc) is 2.37. The fourth-order valence-electron chi connectivity index (χ4n) is 3.35. The molecule has 4 atom stereocenters. The van der Waals surface area contributed by atoms with Crippen LogP contribution in [0.3, 0.4) is 0 Å². The van der Waals surface area contributed by atoms with Gasteiger partial charge in [-0.25, -0.2) is 0 Å². The van der Waals surface area contributed by atoms with Crippen molar-refractivity contribution in [2.75, 3.05) is 13.6 Å². The number of rotatable bonds is 6. The van der Waals surface area contributed by atoms with Crippen molar-refractivity contribution in [3.8, 4) is 0 Å². The molecule has 2 heteroatoms. The normalized spacial score (nSPS) is 31.8. The van der Waals surface area contributed by atoms with Gasteiger partial charge in [-0.05, 0) is 51.6 Å². The van der Waals surface area contributed by atoms with Gasteiger partial charge in [0.25, 0.3) is 0 Å². The molecule has 1 aliphatic rings. The van der Waals surface area contributed by atoms with Crippen molar-refractivity contribution in [1.82, 2.24) is 4.90 Å². The maximum Gasteiger partial charge on any atom is 0.0138 e. The van der Waals surface area contributed by atoms with E-state index in [0.717, 1.165) is 24.4 Å². The van der Waals surface area contributed by atoms with E-state index in [4.69, 9.17) is 5.73 Å². The van der Waals surface area contributed by atoms with Crippen LogP contribution in [0.4, 0.5) is 0 Å². The van der Waals surface area contributed by atoms with Crippen molar-refractivity contribution in [3.63, 3.8) is 0 Å². The van der Waals surface area contributed by atoms with Crippen molar-refractivity contribution in [3.05, 3.63) is 0 Å². The Morgan fingerprint density at radius 2 is 2.00 bits per heavy atom. The molecule has 2 nitrogen and oxygen atoms in total. The highest BCUT2D eigenvalue weighted by Gasteiger charge is 2.32. The number of nitrogens with zero attached hydrogens (tertiary/aromatic N) is 1. The number of nitrogens with two attached hydrogens (primary N) is 1. The Morgan fingerprint density at radius 1 is 1.29 bits per heavy atom. The minimum Gasteiger partial charge on any atom is -0.330 e. The summed E-state index contributed by atoms with van der Waals surface area (Å²) in [5, 5.41) is 0. The first-order chi connectivity index (χ1) is 8.13. The minimum atomic E-state index is 0.689. The molecular formula is C15H32N2. The summed E-state index contributed by atoms with van der Waals surface area (Å²) in [4.78, 5) is 2.60. The molecule has 0 heterocycles. The number of hydrogen-bond donors (Lipinski definition) is 1. The van der Waals surface area contributed by atoms with Crippen LogP contribution in [0.15, 0.2) is 0 Å². The Labute approximate surface area is 108 Å². The van der Waals surface area contributed by atoms with Crippen molar-refractivity contribution >= 4 is 0 Å². The average molecular weight is 240 g/mol. The Balaban J connectivity index is 2.62. The van der Waals surface area contributed by atoms with Crippen LogP contribution >= 0.6 is 0 Å². The maximum absolute atomic E-state index is 5.97. The molecule has 1 rings (SSSR count). The molecule has 0 aliphatic heterocycles. The highest BCUT2D eigenvalue weighted by Crippen LogP contribution is 2.34. The predicted molar refractivity (Wildman–Crippen MR) is 76.1 cm³/mol. The van der Waals surface area contributed by atoms with Gasteiger partial charge in [0.2, 0.25) is 0 Å². The van der Waals surface area contributed by atoms with Gasteiger partial charge in [-0.15, -0.1) is 0 Å². The summed E-state index contributed by atoms with van der Waals surface area (Å²) in [6.07, 6.45) is 8.09. The van der Waals surface area contributed by atoms with Crippen LogP contribution in [-0.2, 0) is 0 Å². The molecule has 4 unspecified atom stereocenters. The highest BCUT2D eigenvalue weighted by molar-refractivity contribution is 4.87. The highest BCUT2D eigenvalue weighted by atomic mass is 15.2. The van der Waals surface area contributed by atoms with Crippen molar-refractivity contribution in [2.24, 2.45) is 17.6 Å². The Morgan fingerprint density at radius 3 is 2.53 bits per heavy atom. The molecule has 1 saturated carbocycles. The van der Waals surface area contributed by atoms with Gasteiger partial charge in [0, 0.05) is 12.1 Å². The van der Waals surface area contributed by atoms with Gasteiger partial charge in [0.05, 0.1) is 0 Å². The fraction of sp³-hybridized carbons (Fsp3) is 1.00. The molecule has 0 amide bonds. The molecule has 0 aromatic rings. The first-order valence-corrected chi connectivity index (χ1v) is 7.55. The molecule has 1 aliphatic carbocycles. The second-order valence-corrected chi connectivity index (χ2v) is 5.95. The lowest BCUT2D eigenvalue weighted by molar-refractivity contribution is 0.0712. The van der Waals surface area contributed by atoms with Gasteiger partial charge in [-0.2, -0.15) is 0 Å². The van der Waals surface area contributed by atoms with Crippen LogP contribution in [-0.4, -0.2) is 30.6 Å². The molecule has 0 aromatic heterocycles. The molecule has 2 N–H and O–H groups in total. The Kier molecular flexibility index (Phi) is 6.50. The van der Waals surface area contributed by atoms with E-state index >= 15 is 0 Å². The number of hydrogen-bond acceptors (Lipinski definition) is 2. The third kappa shape index (κ3) is 3.96. The lowest BCUT2D eigenvalue weighted by Gasteiger charge is -2.43. The third-order valence-corrected chi connectivity index (χ3v) is 4.87. The standard InChI is InChI=1S/C15H32N2/c1-5-7-13-8-9-14(11-16)15(10-13)17(4)12(3)6-2/h12-15H,5-11,16H2,1-4H3. The van der Waals surface area contributed by atoms with E-state index in [2.05, 4.69) is 32.7 Å². The van der Waals surface area contributed by atoms with E-state index in [1.54, 1.807) is 0 Å². The summed E-state index contributed by atoms with van der Waals surface area (Å²) in [6, 6.07) is 1.41. The smallest absolute Gasteiger partial charge is 0.0138 e. The van der Waals surface area contributed by atoms with Crippen molar-refractivity contribution < 1.29 is 0 Å². The lowest BCUT2D eigenvalue weighted by atomic mass is 9.75. The quantitative estimate of drug-likeness (QED) is 0.772. The molecule has 0 aromatic carbocycles. The third-order valence-electron chi connectivity index (χ3n) is 4.87. The summed E-state index contributed by atoms with van der Waals surface area (Å²) in [6.45, 7) is 7.80. The summed E-state index contributed by atoms with van der Waals surface area (Å²) in [5.41, 5.74) is 5.97. The SMILES string of the molecule is CCCC1CCC(CN)C(N(C)C(C)CC)C1. The van der Waals surface area contributed by atoms with E-state index in [0.29, 0.717) is 6.04 Å². The predicted octanol–water partition coefficient (Wildman–Crippen LogP) is 3.26. The van der Waals surface area contributed by atoms with Crippen LogP contribution in [0, 0.1) is 11.8 Å². The molecular weight excluding hydrogens is 208 g/mol. The summed E-state index contributed by atoms with van der Waals surface area (Å²) < 4.78 is 0. The Bertz CT molecular complexity index is 205. The minimum absolute atomic E-state index is 0.689. The zero-order valence-electron chi connectivity index (χ0n) is 12.3. The van der Waals surface area contributed by atoms with Crippen LogP contribution < -0.4 is 5.73 Å². The lowest BCUT2D eigenvalue weighted by Crippen LogP contribution is -2.48. The van der Waals surface area contributed by atoms with Crippen LogP contribution in [0.5, 0.6) is 0 Å². The van der Waals surface area contributed by atoms with Gasteiger partial charge < -0.3 is 10.6 Å². The van der Waals surface area contributed by atoms with E-state index in [9.17, 15) is 0 Å². The van der Waals surface area contributed by atoms with Crippen LogP contribution in [0.25, 0.3) is 0 Å². The molecule has 0 radical (unpaired) electrons. The van der Waals surface area contributed by atoms with E-state index in [-0.39, 0.29) is 0 Å². The Hall–Kier alpha value is -0.0800. The van der Waals surface area contributed by atoms with E-state index < -0.39 is 0 Å². The monoisotopic (exact) mass is 240 g/mol. The maximum atomic E-state index is 5.97. The van der Waals surface area contributed by atoms with Crippen LogP contribution in [0.1, 0.15) is 59.3 Å². The van der Waals surface area contributed by atoms with Crippen LogP contribution in [0.2, 0.25) is 0 Å². The van der Waals surface area contributed by atoms with Gasteiger partial charge in [0.15, 0.2) is 0 Å². The first-order valence-electron chi connectivity index (χ1n) is 7.55. The molecule has 0 saturated heterocycles. The van der Waals surface area contributed by atoms with Gasteiger partial charge >= 0.3 is 0 Å². The largest absolute Gasteiger partial charge is 0.330 e. The summed E-state index contributed by atoms with van der Waals surface area (Å²) >= 11 is 0. The molecule has 0 spiro atoms. The second-order valence-electron chi connectivity index (χ2n) is 5.95. The van der Waals surface area contributed by atoms with Gasteiger partial charge in [-0.3, -0.25) is 0 Å². The fourth-order valence-corrected chi connectivity index (χ4v) is 3.35. The first kappa shape index (κ1) is 15.0. The summed E-state index contributed by atoms with van der Waals surface area (Å²) in [5.74, 6) is 1.67. The van der Waals surface area contributed by atoms with Crippen molar-refractivity contribution in [2.45, 2.75) is 71.4 Å². The molecule has 1 fully saturated rings. The van der Waals surface area contributed by atoms with Gasteiger partial charge in [-0.1, -0.05) is 33.1 Å². The van der Waals surface area contributed by atoms with Gasteiger partial charge in [0.1, 0.15) is 0 Å². The summed E-state index contributed by atoms with van der Waals surface area (Å²) in [7, 11) is 2.30. The van der Waals surface area contributed by atoms with Crippen molar-refractivity contribution in [1.29, 1.82) is 0 Å². The topological polar surface area (TPSA) is 29.3 Å². The van der Waals surface area contributed by atoms with E-state index in [1.807, 2.05) is 0 Å². The molecule has 102 valence electrons. The zero-order valence-corrected chi connectivity index (χ0v) is 12.3. The zero-order chi connectivity index (χ0) is 12.8. The van der Waals surface area contributed by atoms with E-state index in [1.165, 1.54) is 38.5 Å².